The second kappa shape index (κ2) is 16.4. The fraction of sp³-hybridized carbons (Fsp3) is 0.615. The molecule has 0 radical (unpaired) electrons. The number of aliphatic hydroxyl groups is 1. The lowest BCUT2D eigenvalue weighted by atomic mass is 9.45. The highest BCUT2D eigenvalue weighted by molar-refractivity contribution is 6.26. The number of ether oxygens (including phenoxy) is 4. The standard InChI is InChI=1S/C39H49ClN2O13/c1-5-33(46)55-39(23(2)18-29-28-13-10-25-20-26(43)14-15-36(25,3)38(28,40)31(44)21-37(29,39)4)32(45)22-52-35(48)54-27-11-8-24(9-12-27)19-30(41)34(47)51-16-6-7-17-53-42(49)50/h8-9,11-12,14-15,20,23,28-31,44H,5-7,10,13,16-19,21-22,41H2,1-4H3/t23-,28-,29-,30?,31-,36-,37-,38-,39+/m0/s1. The smallest absolute Gasteiger partial charge is 0.465 e. The number of nitrogens with zero attached hydrogens (tertiary/aromatic N) is 1. The lowest BCUT2D eigenvalue weighted by Crippen LogP contribution is -2.69. The van der Waals surface area contributed by atoms with Gasteiger partial charge in [0.25, 0.3) is 5.09 Å². The first kappa shape index (κ1) is 41.8. The van der Waals surface area contributed by atoms with Gasteiger partial charge in [-0.25, -0.2) is 4.79 Å². The fourth-order valence-corrected chi connectivity index (χ4v) is 10.2. The molecular formula is C39H49ClN2O13. The van der Waals surface area contributed by atoms with Crippen molar-refractivity contribution in [1.82, 2.24) is 0 Å². The Morgan fingerprint density at radius 3 is 2.45 bits per heavy atom. The Hall–Kier alpha value is -4.34. The van der Waals surface area contributed by atoms with Gasteiger partial charge in [-0.3, -0.25) is 19.2 Å². The predicted octanol–water partition coefficient (Wildman–Crippen LogP) is 4.75. The number of carbonyl (C=O) groups excluding carboxylic acids is 5. The van der Waals surface area contributed by atoms with Crippen molar-refractivity contribution in [1.29, 1.82) is 0 Å². The van der Waals surface area contributed by atoms with E-state index in [1.165, 1.54) is 18.2 Å². The molecule has 0 spiro atoms. The first-order valence-corrected chi connectivity index (χ1v) is 19.0. The topological polar surface area (TPSA) is 221 Å². The Morgan fingerprint density at radius 2 is 1.78 bits per heavy atom. The van der Waals surface area contributed by atoms with Crippen LogP contribution in [0.4, 0.5) is 4.79 Å². The molecule has 1 unspecified atom stereocenters. The number of allylic oxidation sites excluding steroid dienone is 4. The highest BCUT2D eigenvalue weighted by atomic mass is 35.5. The zero-order valence-electron chi connectivity index (χ0n) is 31.5. The number of benzene rings is 1. The number of ketones is 2. The molecule has 4 aliphatic rings. The van der Waals surface area contributed by atoms with Crippen LogP contribution in [-0.2, 0) is 44.6 Å². The molecule has 3 saturated carbocycles. The van der Waals surface area contributed by atoms with Gasteiger partial charge in [0.05, 0.1) is 24.2 Å². The number of hydrogen-bond donors (Lipinski definition) is 2. The van der Waals surface area contributed by atoms with Crippen molar-refractivity contribution in [2.24, 2.45) is 34.3 Å². The molecular weight excluding hydrogens is 740 g/mol. The van der Waals surface area contributed by atoms with Crippen molar-refractivity contribution in [2.45, 2.75) is 102 Å². The maximum absolute atomic E-state index is 14.4. The quantitative estimate of drug-likeness (QED) is 0.0466. The summed E-state index contributed by atoms with van der Waals surface area (Å²) in [6, 6.07) is 5.12. The Labute approximate surface area is 323 Å². The molecule has 9 atom stereocenters. The number of aliphatic hydroxyl groups excluding tert-OH is 1. The monoisotopic (exact) mass is 788 g/mol. The van der Waals surface area contributed by atoms with Crippen LogP contribution in [0.3, 0.4) is 0 Å². The number of alkyl halides is 1. The largest absolute Gasteiger partial charge is 0.514 e. The maximum Gasteiger partial charge on any atom is 0.514 e. The van der Waals surface area contributed by atoms with Gasteiger partial charge in [-0.1, -0.05) is 51.5 Å². The molecule has 0 amide bonds. The molecule has 1 aromatic carbocycles. The summed E-state index contributed by atoms with van der Waals surface area (Å²) < 4.78 is 21.9. The van der Waals surface area contributed by atoms with E-state index in [1.54, 1.807) is 31.2 Å². The van der Waals surface area contributed by atoms with Gasteiger partial charge in [-0.2, -0.15) is 0 Å². The number of Topliss-reactive ketones (excluding diaryl/α,β-unsaturated/α-hetero) is 1. The summed E-state index contributed by atoms with van der Waals surface area (Å²) in [5.41, 5.74) is 3.84. The van der Waals surface area contributed by atoms with E-state index in [2.05, 4.69) is 4.84 Å². The van der Waals surface area contributed by atoms with E-state index >= 15 is 0 Å². The van der Waals surface area contributed by atoms with E-state index in [-0.39, 0.29) is 55.8 Å². The molecule has 0 bridgehead atoms. The Kier molecular flexibility index (Phi) is 12.5. The molecule has 0 aromatic heterocycles. The summed E-state index contributed by atoms with van der Waals surface area (Å²) in [7, 11) is 0. The first-order chi connectivity index (χ1) is 25.9. The lowest BCUT2D eigenvalue weighted by Gasteiger charge is -2.64. The van der Waals surface area contributed by atoms with Crippen LogP contribution in [0.25, 0.3) is 0 Å². The molecule has 0 saturated heterocycles. The van der Waals surface area contributed by atoms with E-state index in [4.69, 9.17) is 36.3 Å². The molecule has 16 heteroatoms. The molecule has 3 N–H and O–H groups in total. The van der Waals surface area contributed by atoms with Crippen LogP contribution < -0.4 is 10.5 Å². The van der Waals surface area contributed by atoms with E-state index in [1.807, 2.05) is 20.8 Å². The van der Waals surface area contributed by atoms with Crippen molar-refractivity contribution in [3.8, 4) is 5.75 Å². The van der Waals surface area contributed by atoms with Gasteiger partial charge in [-0.15, -0.1) is 21.7 Å². The Balaban J connectivity index is 1.23. The molecule has 0 heterocycles. The SMILES string of the molecule is CCC(=O)O[C@@]1(C(=O)COC(=O)Oc2ccc(CC(N)C(=O)OCCCCO[N+](=O)[O-])cc2)[C@@H](C)C[C@H]2[C@@H]3CCC4=CC(=O)C=C[C@]4(C)[C@@]3(Cl)[C@@H](O)C[C@@]21C. The third-order valence-corrected chi connectivity index (χ3v) is 13.3. The molecule has 4 aliphatic carbocycles. The second-order valence-corrected chi connectivity index (χ2v) is 16.0. The number of unbranched alkanes of at least 4 members (excludes halogenated alkanes) is 1. The zero-order valence-corrected chi connectivity index (χ0v) is 32.2. The molecule has 300 valence electrons. The van der Waals surface area contributed by atoms with Crippen molar-refractivity contribution in [3.05, 3.63) is 63.7 Å². The minimum absolute atomic E-state index is 0.00636. The average molecular weight is 789 g/mol. The number of hydrogen-bond acceptors (Lipinski definition) is 14. The number of rotatable bonds is 15. The highest BCUT2D eigenvalue weighted by Gasteiger charge is 2.76. The van der Waals surface area contributed by atoms with Crippen LogP contribution in [0, 0.1) is 38.7 Å². The third-order valence-electron chi connectivity index (χ3n) is 12.3. The van der Waals surface area contributed by atoms with Crippen molar-refractivity contribution >= 4 is 41.3 Å². The average Bonchev–Trinajstić information content (AvgIpc) is 3.35. The zero-order chi connectivity index (χ0) is 40.3. The summed E-state index contributed by atoms with van der Waals surface area (Å²) in [5.74, 6) is -3.00. The van der Waals surface area contributed by atoms with Crippen LogP contribution in [0.1, 0.15) is 78.2 Å². The van der Waals surface area contributed by atoms with Gasteiger partial charge in [0.15, 0.2) is 18.0 Å². The highest BCUT2D eigenvalue weighted by Crippen LogP contribution is 2.72. The normalized spacial score (nSPS) is 32.5. The van der Waals surface area contributed by atoms with E-state index < -0.39 is 74.9 Å². The van der Waals surface area contributed by atoms with Gasteiger partial charge in [0.2, 0.25) is 5.78 Å². The number of nitrogens with two attached hydrogens (primary N) is 1. The molecule has 55 heavy (non-hydrogen) atoms. The van der Waals surface area contributed by atoms with Crippen molar-refractivity contribution < 1.29 is 58.0 Å². The molecule has 15 nitrogen and oxygen atoms in total. The van der Waals surface area contributed by atoms with Gasteiger partial charge in [-0.05, 0) is 86.6 Å². The summed E-state index contributed by atoms with van der Waals surface area (Å²) in [6.45, 7) is 6.39. The van der Waals surface area contributed by atoms with Gasteiger partial charge in [0, 0.05) is 23.2 Å². The van der Waals surface area contributed by atoms with Crippen LogP contribution in [0.2, 0.25) is 0 Å². The number of fused-ring (bicyclic) bond motifs is 5. The molecule has 5 rings (SSSR count). The summed E-state index contributed by atoms with van der Waals surface area (Å²) in [4.78, 5) is 78.0. The van der Waals surface area contributed by atoms with E-state index in [9.17, 15) is 39.2 Å². The third kappa shape index (κ3) is 7.75. The Morgan fingerprint density at radius 1 is 1.09 bits per heavy atom. The summed E-state index contributed by atoms with van der Waals surface area (Å²) >= 11 is 7.56. The molecule has 1 aromatic rings. The number of esters is 2. The lowest BCUT2D eigenvalue weighted by molar-refractivity contribution is -0.757. The minimum atomic E-state index is -1.74. The van der Waals surface area contributed by atoms with Gasteiger partial charge < -0.3 is 34.6 Å². The van der Waals surface area contributed by atoms with Gasteiger partial charge >= 0.3 is 18.1 Å². The van der Waals surface area contributed by atoms with Crippen LogP contribution >= 0.6 is 11.6 Å². The minimum Gasteiger partial charge on any atom is -0.465 e. The first-order valence-electron chi connectivity index (χ1n) is 18.6. The van der Waals surface area contributed by atoms with E-state index in [0.717, 1.165) is 5.57 Å². The van der Waals surface area contributed by atoms with Crippen LogP contribution in [0.5, 0.6) is 5.75 Å². The van der Waals surface area contributed by atoms with Crippen LogP contribution in [-0.4, -0.2) is 82.3 Å². The van der Waals surface area contributed by atoms with Gasteiger partial charge in [0.1, 0.15) is 11.8 Å². The molecule has 0 aliphatic heterocycles. The fourth-order valence-electron chi connectivity index (χ4n) is 9.66. The number of carbonyl (C=O) groups is 5. The maximum atomic E-state index is 14.4. The van der Waals surface area contributed by atoms with Crippen molar-refractivity contribution in [2.75, 3.05) is 19.8 Å². The Bertz CT molecular complexity index is 1750. The summed E-state index contributed by atoms with van der Waals surface area (Å²) in [5, 5.41) is 21.3. The summed E-state index contributed by atoms with van der Waals surface area (Å²) in [6.07, 6.45) is 4.99. The van der Waals surface area contributed by atoms with Crippen molar-refractivity contribution in [3.63, 3.8) is 0 Å². The number of halogens is 1. The molecule has 3 fully saturated rings. The van der Waals surface area contributed by atoms with E-state index in [0.29, 0.717) is 37.7 Å². The van der Waals surface area contributed by atoms with Crippen LogP contribution in [0.15, 0.2) is 48.1 Å². The predicted molar refractivity (Wildman–Crippen MR) is 195 cm³/mol. The second-order valence-electron chi connectivity index (χ2n) is 15.4.